The van der Waals surface area contributed by atoms with Gasteiger partial charge in [0.25, 0.3) is 5.91 Å². The van der Waals surface area contributed by atoms with E-state index in [-0.39, 0.29) is 12.5 Å². The minimum Gasteiger partial charge on any atom is -0.482 e. The number of rotatable bonds is 4. The van der Waals surface area contributed by atoms with Gasteiger partial charge in [0, 0.05) is 13.1 Å². The third-order valence-electron chi connectivity index (χ3n) is 2.29. The Hall–Kier alpha value is -1.81. The van der Waals surface area contributed by atoms with Crippen LogP contribution in [0.15, 0.2) is 30.9 Å². The minimum absolute atomic E-state index is 0.0983. The zero-order valence-electron chi connectivity index (χ0n) is 8.95. The maximum Gasteiger partial charge on any atom is 0.262 e. The number of carbonyl (C=O) groups is 1. The van der Waals surface area contributed by atoms with Crippen molar-refractivity contribution < 1.29 is 9.53 Å². The molecular formula is C12H14N2O2. The largest absolute Gasteiger partial charge is 0.482 e. The van der Waals surface area contributed by atoms with Crippen LogP contribution >= 0.6 is 0 Å². The molecule has 0 saturated heterocycles. The Kier molecular flexibility index (Phi) is 3.22. The highest BCUT2D eigenvalue weighted by Gasteiger charge is 2.15. The third kappa shape index (κ3) is 2.41. The minimum atomic E-state index is -0.108. The average molecular weight is 218 g/mol. The van der Waals surface area contributed by atoms with Crippen molar-refractivity contribution in [1.29, 1.82) is 0 Å². The van der Waals surface area contributed by atoms with Gasteiger partial charge in [-0.25, -0.2) is 0 Å². The highest BCUT2D eigenvalue weighted by atomic mass is 16.5. The standard InChI is InChI=1S/C12H14N2O2/c1-2-5-13-7-9-3-4-11-10(6-9)14-12(15)8-16-11/h2-4,6,13H,1,5,7-8H2,(H,14,15). The molecule has 1 heterocycles. The molecule has 4 heteroatoms. The first-order chi connectivity index (χ1) is 7.79. The van der Waals surface area contributed by atoms with Crippen molar-refractivity contribution in [3.8, 4) is 5.75 Å². The number of hydrogen-bond acceptors (Lipinski definition) is 3. The molecule has 0 radical (unpaired) electrons. The van der Waals surface area contributed by atoms with Gasteiger partial charge in [-0.2, -0.15) is 0 Å². The lowest BCUT2D eigenvalue weighted by Crippen LogP contribution is -2.25. The van der Waals surface area contributed by atoms with Crippen molar-refractivity contribution in [3.05, 3.63) is 36.4 Å². The first-order valence-corrected chi connectivity index (χ1v) is 5.17. The van der Waals surface area contributed by atoms with Crippen LogP contribution in [0.2, 0.25) is 0 Å². The highest BCUT2D eigenvalue weighted by molar-refractivity contribution is 5.95. The molecule has 0 unspecified atom stereocenters. The number of amides is 1. The van der Waals surface area contributed by atoms with E-state index in [1.54, 1.807) is 0 Å². The van der Waals surface area contributed by atoms with E-state index in [2.05, 4.69) is 17.2 Å². The summed E-state index contributed by atoms with van der Waals surface area (Å²) in [6.07, 6.45) is 1.81. The summed E-state index contributed by atoms with van der Waals surface area (Å²) in [5.41, 5.74) is 1.85. The monoisotopic (exact) mass is 218 g/mol. The maximum absolute atomic E-state index is 11.1. The topological polar surface area (TPSA) is 50.4 Å². The van der Waals surface area contributed by atoms with Crippen LogP contribution in [0.5, 0.6) is 5.75 Å². The van der Waals surface area contributed by atoms with Crippen molar-refractivity contribution >= 4 is 11.6 Å². The van der Waals surface area contributed by atoms with Crippen LogP contribution in [-0.4, -0.2) is 19.1 Å². The summed E-state index contributed by atoms with van der Waals surface area (Å²) in [6.45, 7) is 5.24. The SMILES string of the molecule is C=CCNCc1ccc2c(c1)NC(=O)CO2. The summed E-state index contributed by atoms with van der Waals surface area (Å²) in [6, 6.07) is 5.77. The van der Waals surface area contributed by atoms with Crippen molar-refractivity contribution in [2.45, 2.75) is 6.54 Å². The molecule has 0 atom stereocenters. The van der Waals surface area contributed by atoms with Crippen LogP contribution in [0.3, 0.4) is 0 Å². The van der Waals surface area contributed by atoms with Crippen LogP contribution < -0.4 is 15.4 Å². The van der Waals surface area contributed by atoms with Crippen LogP contribution in [-0.2, 0) is 11.3 Å². The van der Waals surface area contributed by atoms with Gasteiger partial charge in [0.1, 0.15) is 5.75 Å². The Balaban J connectivity index is 2.08. The van der Waals surface area contributed by atoms with Crippen molar-refractivity contribution in [1.82, 2.24) is 5.32 Å². The van der Waals surface area contributed by atoms with Crippen LogP contribution in [0, 0.1) is 0 Å². The van der Waals surface area contributed by atoms with E-state index in [4.69, 9.17) is 4.74 Å². The van der Waals surface area contributed by atoms with Gasteiger partial charge in [-0.05, 0) is 17.7 Å². The molecule has 2 N–H and O–H groups in total. The second-order valence-electron chi connectivity index (χ2n) is 3.59. The fraction of sp³-hybridized carbons (Fsp3) is 0.250. The van der Waals surface area contributed by atoms with E-state index in [9.17, 15) is 4.79 Å². The summed E-state index contributed by atoms with van der Waals surface area (Å²) < 4.78 is 5.27. The summed E-state index contributed by atoms with van der Waals surface area (Å²) >= 11 is 0. The molecule has 16 heavy (non-hydrogen) atoms. The Morgan fingerprint density at radius 1 is 1.56 bits per heavy atom. The van der Waals surface area contributed by atoms with Gasteiger partial charge in [-0.3, -0.25) is 4.79 Å². The molecular weight excluding hydrogens is 204 g/mol. The fourth-order valence-electron chi connectivity index (χ4n) is 1.56. The molecule has 1 amide bonds. The Bertz CT molecular complexity index is 415. The molecule has 4 nitrogen and oxygen atoms in total. The van der Waals surface area contributed by atoms with Gasteiger partial charge >= 0.3 is 0 Å². The third-order valence-corrected chi connectivity index (χ3v) is 2.29. The van der Waals surface area contributed by atoms with E-state index in [0.717, 1.165) is 30.1 Å². The van der Waals surface area contributed by atoms with Crippen LogP contribution in [0.1, 0.15) is 5.56 Å². The van der Waals surface area contributed by atoms with E-state index in [0.29, 0.717) is 0 Å². The van der Waals surface area contributed by atoms with Gasteiger partial charge in [0.05, 0.1) is 5.69 Å². The van der Waals surface area contributed by atoms with Crippen molar-refractivity contribution in [2.24, 2.45) is 0 Å². The van der Waals surface area contributed by atoms with E-state index < -0.39 is 0 Å². The lowest BCUT2D eigenvalue weighted by atomic mass is 10.1. The van der Waals surface area contributed by atoms with Gasteiger partial charge in [-0.15, -0.1) is 6.58 Å². The summed E-state index contributed by atoms with van der Waals surface area (Å²) in [4.78, 5) is 11.1. The van der Waals surface area contributed by atoms with Crippen LogP contribution in [0.25, 0.3) is 0 Å². The van der Waals surface area contributed by atoms with Gasteiger partial charge in [0.2, 0.25) is 0 Å². The van der Waals surface area contributed by atoms with Gasteiger partial charge in [-0.1, -0.05) is 12.1 Å². The molecule has 1 aromatic carbocycles. The molecule has 1 aliphatic heterocycles. The molecule has 2 rings (SSSR count). The van der Waals surface area contributed by atoms with Crippen LogP contribution in [0.4, 0.5) is 5.69 Å². The first-order valence-electron chi connectivity index (χ1n) is 5.17. The highest BCUT2D eigenvalue weighted by Crippen LogP contribution is 2.28. The summed E-state index contributed by atoms with van der Waals surface area (Å²) in [7, 11) is 0. The lowest BCUT2D eigenvalue weighted by molar-refractivity contribution is -0.118. The van der Waals surface area contributed by atoms with Crippen molar-refractivity contribution in [2.75, 3.05) is 18.5 Å². The quantitative estimate of drug-likeness (QED) is 0.591. The van der Waals surface area contributed by atoms with Crippen molar-refractivity contribution in [3.63, 3.8) is 0 Å². The predicted octanol–water partition coefficient (Wildman–Crippen LogP) is 1.29. The molecule has 1 aromatic rings. The molecule has 0 fully saturated rings. The second kappa shape index (κ2) is 4.81. The Morgan fingerprint density at radius 2 is 2.44 bits per heavy atom. The van der Waals surface area contributed by atoms with E-state index in [1.165, 1.54) is 0 Å². The number of anilines is 1. The van der Waals surface area contributed by atoms with Gasteiger partial charge < -0.3 is 15.4 Å². The number of nitrogens with one attached hydrogen (secondary N) is 2. The molecule has 0 aromatic heterocycles. The smallest absolute Gasteiger partial charge is 0.262 e. The molecule has 0 saturated carbocycles. The molecule has 0 bridgehead atoms. The number of hydrogen-bond donors (Lipinski definition) is 2. The molecule has 0 aliphatic carbocycles. The molecule has 0 spiro atoms. The number of benzene rings is 1. The van der Waals surface area contributed by atoms with E-state index >= 15 is 0 Å². The zero-order valence-corrected chi connectivity index (χ0v) is 8.95. The summed E-state index contributed by atoms with van der Waals surface area (Å²) in [5.74, 6) is 0.621. The lowest BCUT2D eigenvalue weighted by Gasteiger charge is -2.18. The first kappa shape index (κ1) is 10.7. The fourth-order valence-corrected chi connectivity index (χ4v) is 1.56. The Labute approximate surface area is 94.3 Å². The number of carbonyl (C=O) groups excluding carboxylic acids is 1. The number of ether oxygens (including phenoxy) is 1. The molecule has 84 valence electrons. The maximum atomic E-state index is 11.1. The normalized spacial score (nSPS) is 13.6. The number of fused-ring (bicyclic) bond motifs is 1. The van der Waals surface area contributed by atoms with Gasteiger partial charge in [0.15, 0.2) is 6.61 Å². The van der Waals surface area contributed by atoms with E-state index in [1.807, 2.05) is 24.3 Å². The second-order valence-corrected chi connectivity index (χ2v) is 3.59. The average Bonchev–Trinajstić information content (AvgIpc) is 2.29. The zero-order chi connectivity index (χ0) is 11.4. The predicted molar refractivity (Wildman–Crippen MR) is 62.5 cm³/mol. The Morgan fingerprint density at radius 3 is 3.25 bits per heavy atom. The molecule has 1 aliphatic rings. The summed E-state index contributed by atoms with van der Waals surface area (Å²) in [5, 5.41) is 5.98.